The van der Waals surface area contributed by atoms with Gasteiger partial charge in [0.1, 0.15) is 17.4 Å². The van der Waals surface area contributed by atoms with Crippen LogP contribution in [0.25, 0.3) is 5.88 Å². The number of rotatable bonds is 3. The number of nitriles is 1. The molecule has 2 atom stereocenters. The predicted molar refractivity (Wildman–Crippen MR) is 145 cm³/mol. The molecule has 4 aromatic rings. The Morgan fingerprint density at radius 2 is 1.38 bits per heavy atom. The molecule has 7 nitrogen and oxygen atoms in total. The molecule has 192 valence electrons. The summed E-state index contributed by atoms with van der Waals surface area (Å²) < 4.78 is 7.82. The number of benzene rings is 2. The minimum atomic E-state index is -0.468. The zero-order valence-corrected chi connectivity index (χ0v) is 22.1. The van der Waals surface area contributed by atoms with Crippen LogP contribution >= 0.6 is 0 Å². The SMILES string of the molecule is Cc1oc(-n2c(C)cc(/C=N\N3C(=O)[C@@H]4C5c6ccccc6C(c6ccccc65)[C@H]4C3=O)c2C)c(C#N)c1C. The molecule has 1 aliphatic heterocycles. The average Bonchev–Trinajstić information content (AvgIpc) is 3.49. The van der Waals surface area contributed by atoms with Crippen LogP contribution in [-0.4, -0.2) is 27.6 Å². The van der Waals surface area contributed by atoms with Crippen molar-refractivity contribution >= 4 is 18.0 Å². The number of aromatic nitrogens is 1. The molecule has 0 radical (unpaired) electrons. The summed E-state index contributed by atoms with van der Waals surface area (Å²) in [5.41, 5.74) is 8.24. The third kappa shape index (κ3) is 3.00. The van der Waals surface area contributed by atoms with E-state index >= 15 is 0 Å². The predicted octanol–water partition coefficient (Wildman–Crippen LogP) is 5.40. The molecule has 0 N–H and O–H groups in total. The first kappa shape index (κ1) is 23.4. The van der Waals surface area contributed by atoms with Gasteiger partial charge in [0.25, 0.3) is 11.8 Å². The minimum Gasteiger partial charge on any atom is -0.443 e. The highest BCUT2D eigenvalue weighted by Gasteiger charge is 2.61. The molecule has 8 rings (SSSR count). The molecule has 4 aliphatic rings. The minimum absolute atomic E-state index is 0.163. The second kappa shape index (κ2) is 8.15. The summed E-state index contributed by atoms with van der Waals surface area (Å²) in [6.07, 6.45) is 1.57. The molecular weight excluding hydrogens is 488 g/mol. The lowest BCUT2D eigenvalue weighted by atomic mass is 9.55. The third-order valence-electron chi connectivity index (χ3n) is 8.89. The molecule has 3 aliphatic carbocycles. The Bertz CT molecular complexity index is 1680. The van der Waals surface area contributed by atoms with E-state index in [2.05, 4.69) is 35.4 Å². The summed E-state index contributed by atoms with van der Waals surface area (Å²) in [7, 11) is 0. The van der Waals surface area contributed by atoms with Gasteiger partial charge in [-0.2, -0.15) is 15.4 Å². The molecule has 7 heteroatoms. The summed E-state index contributed by atoms with van der Waals surface area (Å²) in [4.78, 5) is 27.6. The summed E-state index contributed by atoms with van der Waals surface area (Å²) in [6.45, 7) is 7.53. The summed E-state index contributed by atoms with van der Waals surface area (Å²) in [6, 6.07) is 20.5. The molecule has 2 amide bonds. The van der Waals surface area contributed by atoms with Gasteiger partial charge in [-0.15, -0.1) is 0 Å². The maximum atomic E-state index is 13.8. The molecule has 0 spiro atoms. The Hall–Kier alpha value is -4.70. The van der Waals surface area contributed by atoms with Crippen LogP contribution in [0, 0.1) is 50.9 Å². The van der Waals surface area contributed by atoms with E-state index in [-0.39, 0.29) is 23.7 Å². The summed E-state index contributed by atoms with van der Waals surface area (Å²) in [5, 5.41) is 15.3. The Morgan fingerprint density at radius 3 is 1.87 bits per heavy atom. The zero-order valence-electron chi connectivity index (χ0n) is 22.1. The van der Waals surface area contributed by atoms with Crippen molar-refractivity contribution < 1.29 is 14.0 Å². The average molecular weight is 515 g/mol. The number of hydrazone groups is 1. The molecule has 0 saturated carbocycles. The molecule has 39 heavy (non-hydrogen) atoms. The van der Waals surface area contributed by atoms with Gasteiger partial charge in [0.2, 0.25) is 5.88 Å². The van der Waals surface area contributed by atoms with Crippen molar-refractivity contribution in [1.82, 2.24) is 9.58 Å². The standard InChI is InChI=1S/C32H26N4O3/c1-16-13-20(18(3)35(16)32-25(14-33)17(2)19(4)39-32)15-34-36-30(37)28-26-21-9-5-6-10-22(21)27(29(28)31(36)38)24-12-8-7-11-23(24)26/h5-13,15,26-29H,1-4H3/b34-15-/t26?,27?,28-,29-/m1/s1. The van der Waals surface area contributed by atoms with Crippen LogP contribution in [-0.2, 0) is 9.59 Å². The topological polar surface area (TPSA) is 91.6 Å². The lowest BCUT2D eigenvalue weighted by Gasteiger charge is -2.45. The fourth-order valence-electron chi connectivity index (χ4n) is 7.02. The Balaban J connectivity index is 1.27. The van der Waals surface area contributed by atoms with Gasteiger partial charge in [-0.1, -0.05) is 48.5 Å². The van der Waals surface area contributed by atoms with Gasteiger partial charge in [-0.05, 0) is 56.0 Å². The quantitative estimate of drug-likeness (QED) is 0.270. The smallest absolute Gasteiger partial charge is 0.254 e. The third-order valence-corrected chi connectivity index (χ3v) is 8.89. The summed E-state index contributed by atoms with van der Waals surface area (Å²) in [5.74, 6) is -0.609. The number of furan rings is 1. The fraction of sp³-hybridized carbons (Fsp3) is 0.250. The van der Waals surface area contributed by atoms with Gasteiger partial charge in [-0.3, -0.25) is 14.2 Å². The number of aryl methyl sites for hydroxylation is 2. The number of carbonyl (C=O) groups excluding carboxylic acids is 2. The van der Waals surface area contributed by atoms with Gasteiger partial charge in [0, 0.05) is 34.4 Å². The van der Waals surface area contributed by atoms with Crippen molar-refractivity contribution in [3.8, 4) is 12.0 Å². The van der Waals surface area contributed by atoms with Crippen LogP contribution in [0.3, 0.4) is 0 Å². The van der Waals surface area contributed by atoms with Crippen LogP contribution in [0.4, 0.5) is 0 Å². The molecule has 2 bridgehead atoms. The Kier molecular flexibility index (Phi) is 4.89. The molecule has 0 unspecified atom stereocenters. The van der Waals surface area contributed by atoms with Crippen molar-refractivity contribution in [3.63, 3.8) is 0 Å². The second-order valence-corrected chi connectivity index (χ2v) is 10.7. The van der Waals surface area contributed by atoms with Gasteiger partial charge in [0.05, 0.1) is 18.1 Å². The van der Waals surface area contributed by atoms with E-state index < -0.39 is 11.8 Å². The Morgan fingerprint density at radius 1 is 0.872 bits per heavy atom. The van der Waals surface area contributed by atoms with Crippen molar-refractivity contribution in [2.24, 2.45) is 16.9 Å². The number of hydrogen-bond acceptors (Lipinski definition) is 5. The van der Waals surface area contributed by atoms with Gasteiger partial charge < -0.3 is 4.42 Å². The van der Waals surface area contributed by atoms with E-state index in [1.807, 2.05) is 62.6 Å². The van der Waals surface area contributed by atoms with E-state index in [1.54, 1.807) is 6.21 Å². The number of amides is 2. The van der Waals surface area contributed by atoms with E-state index in [0.717, 1.165) is 49.8 Å². The fourth-order valence-corrected chi connectivity index (χ4v) is 7.02. The molecule has 3 heterocycles. The second-order valence-electron chi connectivity index (χ2n) is 10.7. The monoisotopic (exact) mass is 514 g/mol. The zero-order chi connectivity index (χ0) is 27.2. The first-order chi connectivity index (χ1) is 18.8. The molecule has 2 aromatic heterocycles. The molecule has 1 saturated heterocycles. The van der Waals surface area contributed by atoms with Crippen LogP contribution in [0.2, 0.25) is 0 Å². The normalized spacial score (nSPS) is 22.8. The largest absolute Gasteiger partial charge is 0.443 e. The van der Waals surface area contributed by atoms with E-state index in [1.165, 1.54) is 0 Å². The first-order valence-corrected chi connectivity index (χ1v) is 13.1. The maximum Gasteiger partial charge on any atom is 0.254 e. The molecule has 2 aromatic carbocycles. The van der Waals surface area contributed by atoms with Gasteiger partial charge >= 0.3 is 0 Å². The lowest BCUT2D eigenvalue weighted by molar-refractivity contribution is -0.139. The number of nitrogens with zero attached hydrogens (tertiary/aromatic N) is 4. The number of carbonyl (C=O) groups is 2. The van der Waals surface area contributed by atoms with Gasteiger partial charge in [-0.25, -0.2) is 0 Å². The highest BCUT2D eigenvalue weighted by atomic mass is 16.4. The highest BCUT2D eigenvalue weighted by molar-refractivity contribution is 6.08. The molecule has 1 fully saturated rings. The van der Waals surface area contributed by atoms with Gasteiger partial charge in [0.15, 0.2) is 0 Å². The van der Waals surface area contributed by atoms with Crippen LogP contribution in [0.15, 0.2) is 64.1 Å². The Labute approximate surface area is 226 Å². The van der Waals surface area contributed by atoms with Crippen LogP contribution in [0.5, 0.6) is 0 Å². The van der Waals surface area contributed by atoms with Crippen LogP contribution < -0.4 is 0 Å². The number of hydrogen-bond donors (Lipinski definition) is 0. The van der Waals surface area contributed by atoms with E-state index in [4.69, 9.17) is 4.42 Å². The lowest BCUT2D eigenvalue weighted by Crippen LogP contribution is -2.41. The first-order valence-electron chi connectivity index (χ1n) is 13.1. The summed E-state index contributed by atoms with van der Waals surface area (Å²) >= 11 is 0. The van der Waals surface area contributed by atoms with Crippen molar-refractivity contribution in [2.75, 3.05) is 0 Å². The van der Waals surface area contributed by atoms with Crippen molar-refractivity contribution in [3.05, 3.63) is 111 Å². The number of imide groups is 1. The van der Waals surface area contributed by atoms with Crippen molar-refractivity contribution in [2.45, 2.75) is 39.5 Å². The van der Waals surface area contributed by atoms with E-state index in [0.29, 0.717) is 17.2 Å². The highest BCUT2D eigenvalue weighted by Crippen LogP contribution is 2.60. The molecular formula is C32H26N4O3. The van der Waals surface area contributed by atoms with E-state index in [9.17, 15) is 14.9 Å². The van der Waals surface area contributed by atoms with Crippen LogP contribution in [0.1, 0.15) is 67.9 Å². The van der Waals surface area contributed by atoms with Crippen molar-refractivity contribution in [1.29, 1.82) is 5.26 Å². The maximum absolute atomic E-state index is 13.8.